The van der Waals surface area contributed by atoms with Gasteiger partial charge in [-0.2, -0.15) is 0 Å². The monoisotopic (exact) mass is 274 g/mol. The van der Waals surface area contributed by atoms with E-state index in [1.165, 1.54) is 32.1 Å². The number of nitrogens with one attached hydrogen (secondary N) is 1. The number of hydrogen-bond donors (Lipinski definition) is 1. The van der Waals surface area contributed by atoms with Gasteiger partial charge in [0.25, 0.3) is 0 Å². The standard InChI is InChI=1S/C17H23FN2/c18-16-6-2-3-12(9-19-15-7-8-15)17(16)20-10-13-4-1-5-14(13)11-20/h2-3,6,13-15,19H,1,4-5,7-11H2. The third kappa shape index (κ3) is 2.32. The van der Waals surface area contributed by atoms with Crippen LogP contribution < -0.4 is 10.2 Å². The van der Waals surface area contributed by atoms with Crippen molar-refractivity contribution in [1.29, 1.82) is 0 Å². The summed E-state index contributed by atoms with van der Waals surface area (Å²) in [6.45, 7) is 2.92. The fourth-order valence-electron chi connectivity index (χ4n) is 4.02. The second kappa shape index (κ2) is 5.03. The van der Waals surface area contributed by atoms with E-state index >= 15 is 0 Å². The molecule has 3 fully saturated rings. The Bertz CT molecular complexity index is 486. The molecule has 1 N–H and O–H groups in total. The van der Waals surface area contributed by atoms with E-state index in [4.69, 9.17) is 0 Å². The van der Waals surface area contributed by atoms with Crippen LogP contribution >= 0.6 is 0 Å². The molecule has 0 aromatic heterocycles. The first-order chi connectivity index (χ1) is 9.81. The fourth-order valence-corrected chi connectivity index (χ4v) is 4.02. The van der Waals surface area contributed by atoms with E-state index in [0.717, 1.165) is 42.7 Å². The highest BCUT2D eigenvalue weighted by Crippen LogP contribution is 2.41. The molecule has 108 valence electrons. The maximum Gasteiger partial charge on any atom is 0.146 e. The average molecular weight is 274 g/mol. The minimum atomic E-state index is -0.0416. The summed E-state index contributed by atoms with van der Waals surface area (Å²) in [6, 6.07) is 6.22. The third-order valence-corrected chi connectivity index (χ3v) is 5.27. The normalized spacial score (nSPS) is 28.9. The number of benzene rings is 1. The molecule has 3 heteroatoms. The molecule has 0 amide bonds. The molecule has 2 atom stereocenters. The Kier molecular flexibility index (Phi) is 3.18. The summed E-state index contributed by atoms with van der Waals surface area (Å²) in [6.07, 6.45) is 6.60. The van der Waals surface area contributed by atoms with Crippen molar-refractivity contribution in [2.24, 2.45) is 11.8 Å². The van der Waals surface area contributed by atoms with Crippen molar-refractivity contribution in [3.63, 3.8) is 0 Å². The molecule has 1 saturated heterocycles. The van der Waals surface area contributed by atoms with E-state index in [1.54, 1.807) is 6.07 Å². The van der Waals surface area contributed by atoms with Gasteiger partial charge >= 0.3 is 0 Å². The predicted molar refractivity (Wildman–Crippen MR) is 79.3 cm³/mol. The highest BCUT2D eigenvalue weighted by atomic mass is 19.1. The summed E-state index contributed by atoms with van der Waals surface area (Å²) in [5.41, 5.74) is 2.01. The molecule has 1 heterocycles. The fraction of sp³-hybridized carbons (Fsp3) is 0.647. The van der Waals surface area contributed by atoms with Crippen LogP contribution in [0.1, 0.15) is 37.7 Å². The molecule has 2 nitrogen and oxygen atoms in total. The van der Waals surface area contributed by atoms with Crippen LogP contribution in [0.4, 0.5) is 10.1 Å². The smallest absolute Gasteiger partial charge is 0.146 e. The van der Waals surface area contributed by atoms with Crippen molar-refractivity contribution >= 4 is 5.69 Å². The lowest BCUT2D eigenvalue weighted by Crippen LogP contribution is -2.25. The minimum absolute atomic E-state index is 0.0416. The molecule has 0 radical (unpaired) electrons. The molecule has 3 aliphatic rings. The van der Waals surface area contributed by atoms with Crippen molar-refractivity contribution in [2.45, 2.75) is 44.7 Å². The van der Waals surface area contributed by atoms with E-state index in [9.17, 15) is 4.39 Å². The Morgan fingerprint density at radius 3 is 2.55 bits per heavy atom. The van der Waals surface area contributed by atoms with Crippen LogP contribution in [0.15, 0.2) is 18.2 Å². The number of anilines is 1. The van der Waals surface area contributed by atoms with Crippen LogP contribution in [0.25, 0.3) is 0 Å². The van der Waals surface area contributed by atoms with E-state index in [1.807, 2.05) is 6.07 Å². The Labute approximate surface area is 120 Å². The Morgan fingerprint density at radius 1 is 1.10 bits per heavy atom. The number of hydrogen-bond acceptors (Lipinski definition) is 2. The van der Waals surface area contributed by atoms with Gasteiger partial charge in [0.1, 0.15) is 5.82 Å². The van der Waals surface area contributed by atoms with Crippen molar-refractivity contribution < 1.29 is 4.39 Å². The SMILES string of the molecule is Fc1cccc(CNC2CC2)c1N1CC2CCCC2C1. The topological polar surface area (TPSA) is 15.3 Å². The van der Waals surface area contributed by atoms with Crippen LogP contribution in [0, 0.1) is 17.7 Å². The summed E-state index contributed by atoms with van der Waals surface area (Å²) < 4.78 is 14.3. The average Bonchev–Trinajstić information content (AvgIpc) is 3.02. The lowest BCUT2D eigenvalue weighted by atomic mass is 10.0. The van der Waals surface area contributed by atoms with Crippen molar-refractivity contribution in [1.82, 2.24) is 5.32 Å². The van der Waals surface area contributed by atoms with Crippen LogP contribution in [0.3, 0.4) is 0 Å². The van der Waals surface area contributed by atoms with E-state index in [2.05, 4.69) is 16.3 Å². The maximum absolute atomic E-state index is 14.3. The van der Waals surface area contributed by atoms with Crippen LogP contribution in [0.5, 0.6) is 0 Å². The van der Waals surface area contributed by atoms with Crippen molar-refractivity contribution in [2.75, 3.05) is 18.0 Å². The summed E-state index contributed by atoms with van der Waals surface area (Å²) in [4.78, 5) is 2.31. The van der Waals surface area contributed by atoms with Crippen LogP contribution in [-0.2, 0) is 6.54 Å². The summed E-state index contributed by atoms with van der Waals surface area (Å²) in [5.74, 6) is 1.57. The Hall–Kier alpha value is -1.09. The molecule has 1 aromatic rings. The molecular weight excluding hydrogens is 251 g/mol. The van der Waals surface area contributed by atoms with Gasteiger partial charge < -0.3 is 10.2 Å². The lowest BCUT2D eigenvalue weighted by Gasteiger charge is -2.23. The van der Waals surface area contributed by atoms with E-state index in [0.29, 0.717) is 6.04 Å². The number of rotatable bonds is 4. The summed E-state index contributed by atoms with van der Waals surface area (Å²) in [7, 11) is 0. The highest BCUT2D eigenvalue weighted by molar-refractivity contribution is 5.56. The first-order valence-electron chi connectivity index (χ1n) is 8.07. The largest absolute Gasteiger partial charge is 0.368 e. The van der Waals surface area contributed by atoms with Gasteiger partial charge in [-0.05, 0) is 49.1 Å². The highest BCUT2D eigenvalue weighted by Gasteiger charge is 2.37. The zero-order chi connectivity index (χ0) is 13.5. The first-order valence-corrected chi connectivity index (χ1v) is 8.07. The second-order valence-electron chi connectivity index (χ2n) is 6.76. The zero-order valence-corrected chi connectivity index (χ0v) is 11.9. The Morgan fingerprint density at radius 2 is 1.85 bits per heavy atom. The van der Waals surface area contributed by atoms with Crippen molar-refractivity contribution in [3.8, 4) is 0 Å². The second-order valence-corrected chi connectivity index (χ2v) is 6.76. The summed E-state index contributed by atoms with van der Waals surface area (Å²) >= 11 is 0. The molecule has 2 unspecified atom stereocenters. The first kappa shape index (κ1) is 12.6. The van der Waals surface area contributed by atoms with Crippen molar-refractivity contribution in [3.05, 3.63) is 29.6 Å². The third-order valence-electron chi connectivity index (χ3n) is 5.27. The van der Waals surface area contributed by atoms with Gasteiger partial charge in [0, 0.05) is 25.7 Å². The summed E-state index contributed by atoms with van der Waals surface area (Å²) in [5, 5.41) is 3.52. The quantitative estimate of drug-likeness (QED) is 0.906. The molecule has 20 heavy (non-hydrogen) atoms. The number of para-hydroxylation sites is 1. The van der Waals surface area contributed by atoms with Crippen LogP contribution in [-0.4, -0.2) is 19.1 Å². The number of halogens is 1. The van der Waals surface area contributed by atoms with Gasteiger partial charge in [0.05, 0.1) is 5.69 Å². The van der Waals surface area contributed by atoms with Gasteiger partial charge in [0.15, 0.2) is 0 Å². The van der Waals surface area contributed by atoms with E-state index < -0.39 is 0 Å². The van der Waals surface area contributed by atoms with Gasteiger partial charge in [-0.25, -0.2) is 4.39 Å². The van der Waals surface area contributed by atoms with Gasteiger partial charge in [-0.1, -0.05) is 18.6 Å². The molecule has 1 aromatic carbocycles. The minimum Gasteiger partial charge on any atom is -0.368 e. The molecule has 2 aliphatic carbocycles. The van der Waals surface area contributed by atoms with Crippen LogP contribution in [0.2, 0.25) is 0 Å². The maximum atomic E-state index is 14.3. The Balaban J connectivity index is 1.56. The molecule has 0 bridgehead atoms. The number of nitrogens with zero attached hydrogens (tertiary/aromatic N) is 1. The molecule has 4 rings (SSSR count). The molecule has 2 saturated carbocycles. The molecular formula is C17H23FN2. The number of fused-ring (bicyclic) bond motifs is 1. The van der Waals surface area contributed by atoms with Gasteiger partial charge in [0.2, 0.25) is 0 Å². The molecule has 1 aliphatic heterocycles. The lowest BCUT2D eigenvalue weighted by molar-refractivity contribution is 0.494. The van der Waals surface area contributed by atoms with Gasteiger partial charge in [-0.3, -0.25) is 0 Å². The van der Waals surface area contributed by atoms with E-state index in [-0.39, 0.29) is 5.82 Å². The van der Waals surface area contributed by atoms with Gasteiger partial charge in [-0.15, -0.1) is 0 Å². The molecule has 0 spiro atoms. The predicted octanol–water partition coefficient (Wildman–Crippen LogP) is 3.31. The zero-order valence-electron chi connectivity index (χ0n) is 11.9.